The van der Waals surface area contributed by atoms with Crippen molar-refractivity contribution in [3.8, 4) is 11.1 Å². The van der Waals surface area contributed by atoms with Gasteiger partial charge in [0.2, 0.25) is 9.84 Å². The van der Waals surface area contributed by atoms with Crippen molar-refractivity contribution in [3.63, 3.8) is 0 Å². The average Bonchev–Trinajstić information content (AvgIpc) is 2.66. The maximum atomic E-state index is 13.9. The maximum Gasteiger partial charge on any atom is 0.208 e. The lowest BCUT2D eigenvalue weighted by molar-refractivity contribution is 0.591. The zero-order chi connectivity index (χ0) is 20.8. The van der Waals surface area contributed by atoms with Gasteiger partial charge in [0, 0.05) is 27.9 Å². The molecular weight excluding hydrogens is 418 g/mol. The van der Waals surface area contributed by atoms with E-state index in [2.05, 4.69) is 4.98 Å². The number of halogens is 3. The SMILES string of the molecule is Nc1ccc2c(-c3cccc(F)c3)c(S(=O)(=O)c3cc(F)cc(Cl)c3)cnc2c1. The molecule has 146 valence electrons. The lowest BCUT2D eigenvalue weighted by Crippen LogP contribution is -2.06. The molecule has 0 aliphatic rings. The van der Waals surface area contributed by atoms with Crippen LogP contribution in [0, 0.1) is 11.6 Å². The smallest absolute Gasteiger partial charge is 0.208 e. The van der Waals surface area contributed by atoms with Crippen LogP contribution in [0.2, 0.25) is 5.02 Å². The molecule has 0 spiro atoms. The molecular formula is C21H13ClF2N2O2S. The minimum absolute atomic E-state index is 0.0580. The van der Waals surface area contributed by atoms with Crippen molar-refractivity contribution in [2.45, 2.75) is 9.79 Å². The van der Waals surface area contributed by atoms with E-state index in [1.807, 2.05) is 0 Å². The zero-order valence-electron chi connectivity index (χ0n) is 14.7. The van der Waals surface area contributed by atoms with E-state index in [4.69, 9.17) is 17.3 Å². The van der Waals surface area contributed by atoms with Crippen LogP contribution in [0.4, 0.5) is 14.5 Å². The van der Waals surface area contributed by atoms with Gasteiger partial charge in [0.25, 0.3) is 0 Å². The molecule has 0 fully saturated rings. The van der Waals surface area contributed by atoms with Crippen LogP contribution < -0.4 is 5.73 Å². The van der Waals surface area contributed by atoms with Gasteiger partial charge < -0.3 is 5.73 Å². The van der Waals surface area contributed by atoms with E-state index in [0.717, 1.165) is 24.4 Å². The lowest BCUT2D eigenvalue weighted by Gasteiger charge is -2.14. The minimum atomic E-state index is -4.22. The number of anilines is 1. The zero-order valence-corrected chi connectivity index (χ0v) is 16.3. The first-order chi connectivity index (χ1) is 13.8. The highest BCUT2D eigenvalue weighted by Crippen LogP contribution is 2.37. The highest BCUT2D eigenvalue weighted by Gasteiger charge is 2.26. The van der Waals surface area contributed by atoms with Gasteiger partial charge in [-0.15, -0.1) is 0 Å². The molecule has 0 radical (unpaired) electrons. The topological polar surface area (TPSA) is 73.1 Å². The molecule has 1 aromatic heterocycles. The molecule has 4 nitrogen and oxygen atoms in total. The number of nitrogens with zero attached hydrogens (tertiary/aromatic N) is 1. The molecule has 0 saturated carbocycles. The summed E-state index contributed by atoms with van der Waals surface area (Å²) in [5, 5.41) is 0.408. The maximum absolute atomic E-state index is 13.9. The van der Waals surface area contributed by atoms with Crippen LogP contribution in [0.3, 0.4) is 0 Å². The number of hydrogen-bond donors (Lipinski definition) is 1. The molecule has 29 heavy (non-hydrogen) atoms. The van der Waals surface area contributed by atoms with Crippen LogP contribution in [0.1, 0.15) is 0 Å². The van der Waals surface area contributed by atoms with Gasteiger partial charge in [0.1, 0.15) is 11.6 Å². The molecule has 4 rings (SSSR count). The number of pyridine rings is 1. The molecule has 0 aliphatic carbocycles. The van der Waals surface area contributed by atoms with Crippen LogP contribution in [-0.2, 0) is 9.84 Å². The second kappa shape index (κ2) is 7.09. The van der Waals surface area contributed by atoms with E-state index in [1.165, 1.54) is 18.2 Å². The van der Waals surface area contributed by atoms with Crippen molar-refractivity contribution in [2.75, 3.05) is 5.73 Å². The molecule has 0 saturated heterocycles. The normalized spacial score (nSPS) is 11.7. The summed E-state index contributed by atoms with van der Waals surface area (Å²) in [5.41, 5.74) is 7.28. The number of nitrogens with two attached hydrogens (primary N) is 1. The Morgan fingerprint density at radius 1 is 0.931 bits per heavy atom. The van der Waals surface area contributed by atoms with E-state index in [1.54, 1.807) is 24.3 Å². The van der Waals surface area contributed by atoms with Crippen molar-refractivity contribution in [1.82, 2.24) is 4.98 Å². The first kappa shape index (κ1) is 19.3. The van der Waals surface area contributed by atoms with Gasteiger partial charge in [-0.25, -0.2) is 17.2 Å². The second-order valence-electron chi connectivity index (χ2n) is 6.39. The number of benzene rings is 3. The van der Waals surface area contributed by atoms with Crippen LogP contribution in [0.25, 0.3) is 22.0 Å². The number of nitrogen functional groups attached to an aromatic ring is 1. The van der Waals surface area contributed by atoms with E-state index >= 15 is 0 Å². The number of sulfone groups is 1. The molecule has 0 aliphatic heterocycles. The summed E-state index contributed by atoms with van der Waals surface area (Å²) in [4.78, 5) is 3.69. The third-order valence-electron chi connectivity index (χ3n) is 4.41. The Morgan fingerprint density at radius 3 is 2.45 bits per heavy atom. The van der Waals surface area contributed by atoms with Crippen molar-refractivity contribution in [2.24, 2.45) is 0 Å². The Labute approximate surface area is 170 Å². The van der Waals surface area contributed by atoms with Gasteiger partial charge in [-0.1, -0.05) is 29.8 Å². The predicted molar refractivity (Wildman–Crippen MR) is 108 cm³/mol. The third kappa shape index (κ3) is 3.54. The fourth-order valence-electron chi connectivity index (χ4n) is 3.15. The van der Waals surface area contributed by atoms with E-state index in [-0.39, 0.29) is 20.4 Å². The van der Waals surface area contributed by atoms with Gasteiger partial charge in [-0.05, 0) is 48.0 Å². The lowest BCUT2D eigenvalue weighted by atomic mass is 10.0. The summed E-state index contributed by atoms with van der Waals surface area (Å²) in [5.74, 6) is -1.31. The molecule has 8 heteroatoms. The van der Waals surface area contributed by atoms with Crippen LogP contribution in [0.5, 0.6) is 0 Å². The molecule has 1 heterocycles. The molecule has 3 aromatic carbocycles. The third-order valence-corrected chi connectivity index (χ3v) is 6.37. The summed E-state index contributed by atoms with van der Waals surface area (Å²) in [6.07, 6.45) is 1.16. The fourth-order valence-corrected chi connectivity index (χ4v) is 4.93. The molecule has 2 N–H and O–H groups in total. The highest BCUT2D eigenvalue weighted by atomic mass is 35.5. The number of hydrogen-bond acceptors (Lipinski definition) is 4. The predicted octanol–water partition coefficient (Wildman–Crippen LogP) is 5.25. The summed E-state index contributed by atoms with van der Waals surface area (Å²) in [6, 6.07) is 13.4. The Bertz CT molecular complexity index is 1350. The van der Waals surface area contributed by atoms with E-state index in [0.29, 0.717) is 22.2 Å². The van der Waals surface area contributed by atoms with Crippen molar-refractivity contribution in [1.29, 1.82) is 0 Å². The van der Waals surface area contributed by atoms with Crippen LogP contribution >= 0.6 is 11.6 Å². The molecule has 0 bridgehead atoms. The standard InChI is InChI=1S/C21H13ClF2N2O2S/c22-13-7-15(24)9-17(8-13)29(27,28)20-11-26-19-10-16(25)4-5-18(19)21(20)12-2-1-3-14(23)6-12/h1-11H,25H2. The molecule has 0 unspecified atom stereocenters. The Hall–Kier alpha value is -3.03. The molecule has 0 amide bonds. The van der Waals surface area contributed by atoms with Crippen LogP contribution in [-0.4, -0.2) is 13.4 Å². The van der Waals surface area contributed by atoms with Crippen molar-refractivity contribution >= 4 is 38.0 Å². The van der Waals surface area contributed by atoms with Crippen molar-refractivity contribution < 1.29 is 17.2 Å². The summed E-state index contributed by atoms with van der Waals surface area (Å²) in [7, 11) is -4.22. The Morgan fingerprint density at radius 2 is 1.72 bits per heavy atom. The van der Waals surface area contributed by atoms with Gasteiger partial charge >= 0.3 is 0 Å². The van der Waals surface area contributed by atoms with Crippen LogP contribution in [0.15, 0.2) is 76.7 Å². The number of fused-ring (bicyclic) bond motifs is 1. The van der Waals surface area contributed by atoms with Crippen molar-refractivity contribution in [3.05, 3.63) is 83.5 Å². The molecule has 4 aromatic rings. The first-order valence-corrected chi connectivity index (χ1v) is 10.3. The largest absolute Gasteiger partial charge is 0.399 e. The Kier molecular flexibility index (Phi) is 4.72. The fraction of sp³-hybridized carbons (Fsp3) is 0. The second-order valence-corrected chi connectivity index (χ2v) is 8.75. The minimum Gasteiger partial charge on any atom is -0.399 e. The quantitative estimate of drug-likeness (QED) is 0.450. The number of rotatable bonds is 3. The van der Waals surface area contributed by atoms with Gasteiger partial charge in [0.15, 0.2) is 0 Å². The van der Waals surface area contributed by atoms with E-state index < -0.39 is 21.5 Å². The summed E-state index contributed by atoms with van der Waals surface area (Å²) < 4.78 is 54.4. The van der Waals surface area contributed by atoms with E-state index in [9.17, 15) is 17.2 Å². The van der Waals surface area contributed by atoms with Gasteiger partial charge in [-0.2, -0.15) is 0 Å². The summed E-state index contributed by atoms with van der Waals surface area (Å²) >= 11 is 5.85. The van der Waals surface area contributed by atoms with Gasteiger partial charge in [-0.3, -0.25) is 4.98 Å². The Balaban J connectivity index is 2.09. The monoisotopic (exact) mass is 430 g/mol. The van der Waals surface area contributed by atoms with Gasteiger partial charge in [0.05, 0.1) is 15.3 Å². The first-order valence-electron chi connectivity index (χ1n) is 8.41. The average molecular weight is 431 g/mol. The highest BCUT2D eigenvalue weighted by molar-refractivity contribution is 7.91. The summed E-state index contributed by atoms with van der Waals surface area (Å²) in [6.45, 7) is 0. The molecule has 0 atom stereocenters. The number of aromatic nitrogens is 1.